The Morgan fingerprint density at radius 1 is 1.44 bits per heavy atom. The second-order valence-corrected chi connectivity index (χ2v) is 3.93. The number of carbonyl (C=O) groups is 1. The fourth-order valence-corrected chi connectivity index (χ4v) is 1.52. The van der Waals surface area contributed by atoms with Crippen LogP contribution in [0.1, 0.15) is 17.5 Å². The minimum absolute atomic E-state index is 0.184. The first-order chi connectivity index (χ1) is 7.77. The van der Waals surface area contributed by atoms with E-state index in [0.717, 1.165) is 15.6 Å². The summed E-state index contributed by atoms with van der Waals surface area (Å²) in [7, 11) is 1.41. The summed E-state index contributed by atoms with van der Waals surface area (Å²) >= 11 is 2.22. The normalized spacial score (nSPS) is 9.12. The lowest BCUT2D eigenvalue weighted by atomic mass is 10.0. The first-order valence-electron chi connectivity index (χ1n) is 4.97. The molecule has 0 aromatic heterocycles. The molecule has 0 N–H and O–H groups in total. The largest absolute Gasteiger partial charge is 0.469 e. The van der Waals surface area contributed by atoms with Crippen molar-refractivity contribution in [2.45, 2.75) is 12.8 Å². The topological polar surface area (TPSA) is 26.3 Å². The van der Waals surface area contributed by atoms with E-state index in [-0.39, 0.29) is 5.97 Å². The fraction of sp³-hybridized carbons (Fsp3) is 0.308. The van der Waals surface area contributed by atoms with Crippen LogP contribution in [-0.2, 0) is 16.0 Å². The standard InChI is InChI=1S/C13H13IO2/c1-16-13(15)9-8-12-6-3-2-5-11(12)7-4-10-14/h2-3,5-6H,8-10H2,1H3. The van der Waals surface area contributed by atoms with Gasteiger partial charge in [-0.2, -0.15) is 0 Å². The molecule has 0 bridgehead atoms. The van der Waals surface area contributed by atoms with Gasteiger partial charge < -0.3 is 4.74 Å². The van der Waals surface area contributed by atoms with E-state index in [2.05, 4.69) is 39.2 Å². The van der Waals surface area contributed by atoms with Crippen molar-refractivity contribution in [3.05, 3.63) is 35.4 Å². The molecule has 0 amide bonds. The zero-order chi connectivity index (χ0) is 11.8. The van der Waals surface area contributed by atoms with Crippen LogP contribution < -0.4 is 0 Å². The Morgan fingerprint density at radius 3 is 2.88 bits per heavy atom. The van der Waals surface area contributed by atoms with Gasteiger partial charge in [0.1, 0.15) is 0 Å². The van der Waals surface area contributed by atoms with E-state index in [1.807, 2.05) is 24.3 Å². The molecule has 0 aliphatic rings. The summed E-state index contributed by atoms with van der Waals surface area (Å²) in [4.78, 5) is 11.1. The molecular formula is C13H13IO2. The highest BCUT2D eigenvalue weighted by molar-refractivity contribution is 14.1. The first kappa shape index (κ1) is 13.0. The Morgan fingerprint density at radius 2 is 2.19 bits per heavy atom. The highest BCUT2D eigenvalue weighted by atomic mass is 127. The number of ether oxygens (including phenoxy) is 1. The van der Waals surface area contributed by atoms with Gasteiger partial charge in [-0.25, -0.2) is 0 Å². The average molecular weight is 328 g/mol. The lowest BCUT2D eigenvalue weighted by Gasteiger charge is -2.03. The predicted octanol–water partition coefficient (Wildman–Crippen LogP) is 2.58. The molecule has 0 saturated carbocycles. The van der Waals surface area contributed by atoms with E-state index in [1.54, 1.807) is 0 Å². The molecule has 1 aromatic carbocycles. The molecule has 84 valence electrons. The first-order valence-corrected chi connectivity index (χ1v) is 6.50. The van der Waals surface area contributed by atoms with E-state index in [4.69, 9.17) is 0 Å². The van der Waals surface area contributed by atoms with E-state index >= 15 is 0 Å². The molecule has 1 aromatic rings. The SMILES string of the molecule is COC(=O)CCc1ccccc1C#CCI. The molecule has 0 atom stereocenters. The van der Waals surface area contributed by atoms with Crippen LogP contribution in [0.5, 0.6) is 0 Å². The summed E-state index contributed by atoms with van der Waals surface area (Å²) in [6, 6.07) is 7.90. The molecule has 0 aliphatic heterocycles. The maximum absolute atomic E-state index is 11.1. The Balaban J connectivity index is 2.75. The second kappa shape index (κ2) is 7.29. The van der Waals surface area contributed by atoms with Crippen molar-refractivity contribution in [3.63, 3.8) is 0 Å². The number of benzene rings is 1. The number of methoxy groups -OCH3 is 1. The number of alkyl halides is 1. The average Bonchev–Trinajstić information content (AvgIpc) is 2.34. The number of hydrogen-bond donors (Lipinski definition) is 0. The minimum atomic E-state index is -0.184. The third-order valence-corrected chi connectivity index (χ3v) is 2.51. The monoisotopic (exact) mass is 328 g/mol. The molecule has 0 spiro atoms. The van der Waals surface area contributed by atoms with Gasteiger partial charge in [0.2, 0.25) is 0 Å². The van der Waals surface area contributed by atoms with Crippen LogP contribution in [0.2, 0.25) is 0 Å². The maximum Gasteiger partial charge on any atom is 0.305 e. The summed E-state index contributed by atoms with van der Waals surface area (Å²) in [6.45, 7) is 0. The number of aryl methyl sites for hydroxylation is 1. The Labute approximate surface area is 110 Å². The molecule has 0 fully saturated rings. The molecular weight excluding hydrogens is 315 g/mol. The summed E-state index contributed by atoms with van der Waals surface area (Å²) in [6.07, 6.45) is 1.08. The lowest BCUT2D eigenvalue weighted by Crippen LogP contribution is -2.02. The Bertz CT molecular complexity index is 415. The van der Waals surface area contributed by atoms with Crippen molar-refractivity contribution >= 4 is 28.6 Å². The van der Waals surface area contributed by atoms with Gasteiger partial charge in [-0.05, 0) is 18.1 Å². The smallest absolute Gasteiger partial charge is 0.305 e. The van der Waals surface area contributed by atoms with Crippen LogP contribution in [0.15, 0.2) is 24.3 Å². The molecule has 3 heteroatoms. The van der Waals surface area contributed by atoms with Gasteiger partial charge >= 0.3 is 5.97 Å². The van der Waals surface area contributed by atoms with Gasteiger partial charge in [-0.3, -0.25) is 4.79 Å². The molecule has 0 saturated heterocycles. The van der Waals surface area contributed by atoms with Gasteiger partial charge in [0.25, 0.3) is 0 Å². The van der Waals surface area contributed by atoms with Gasteiger partial charge in [0.05, 0.1) is 11.5 Å². The molecule has 1 rings (SSSR count). The van der Waals surface area contributed by atoms with Crippen LogP contribution >= 0.6 is 22.6 Å². The van der Waals surface area contributed by atoms with Crippen molar-refractivity contribution in [1.82, 2.24) is 0 Å². The van der Waals surface area contributed by atoms with Gasteiger partial charge in [0.15, 0.2) is 0 Å². The van der Waals surface area contributed by atoms with Crippen molar-refractivity contribution in [3.8, 4) is 11.8 Å². The van der Waals surface area contributed by atoms with Crippen LogP contribution in [0, 0.1) is 11.8 Å². The maximum atomic E-state index is 11.1. The molecule has 2 nitrogen and oxygen atoms in total. The van der Waals surface area contributed by atoms with Crippen molar-refractivity contribution in [2.75, 3.05) is 11.5 Å². The van der Waals surface area contributed by atoms with Crippen molar-refractivity contribution in [2.24, 2.45) is 0 Å². The molecule has 16 heavy (non-hydrogen) atoms. The highest BCUT2D eigenvalue weighted by Gasteiger charge is 2.03. The zero-order valence-corrected chi connectivity index (χ0v) is 11.3. The van der Waals surface area contributed by atoms with Crippen molar-refractivity contribution in [1.29, 1.82) is 0 Å². The summed E-state index contributed by atoms with van der Waals surface area (Å²) in [5.74, 6) is 5.94. The van der Waals surface area contributed by atoms with Crippen LogP contribution in [0.4, 0.5) is 0 Å². The van der Waals surface area contributed by atoms with E-state index in [9.17, 15) is 4.79 Å². The predicted molar refractivity (Wildman–Crippen MR) is 72.5 cm³/mol. The summed E-state index contributed by atoms with van der Waals surface area (Å²) in [5.41, 5.74) is 2.10. The van der Waals surface area contributed by atoms with E-state index in [1.165, 1.54) is 7.11 Å². The minimum Gasteiger partial charge on any atom is -0.469 e. The lowest BCUT2D eigenvalue weighted by molar-refractivity contribution is -0.140. The second-order valence-electron chi connectivity index (χ2n) is 3.17. The number of rotatable bonds is 3. The molecule has 0 radical (unpaired) electrons. The molecule has 0 unspecified atom stereocenters. The van der Waals surface area contributed by atoms with Crippen LogP contribution in [0.3, 0.4) is 0 Å². The van der Waals surface area contributed by atoms with Gasteiger partial charge in [-0.15, -0.1) is 0 Å². The molecule has 0 heterocycles. The van der Waals surface area contributed by atoms with Gasteiger partial charge in [-0.1, -0.05) is 52.6 Å². The molecule has 0 aliphatic carbocycles. The Hall–Kier alpha value is -1.02. The van der Waals surface area contributed by atoms with E-state index in [0.29, 0.717) is 12.8 Å². The number of halogens is 1. The number of carbonyl (C=O) groups excluding carboxylic acids is 1. The van der Waals surface area contributed by atoms with E-state index < -0.39 is 0 Å². The Kier molecular flexibility index (Phi) is 5.94. The number of esters is 1. The van der Waals surface area contributed by atoms with Crippen LogP contribution in [0.25, 0.3) is 0 Å². The number of hydrogen-bond acceptors (Lipinski definition) is 2. The quantitative estimate of drug-likeness (QED) is 0.369. The third-order valence-electron chi connectivity index (χ3n) is 2.13. The van der Waals surface area contributed by atoms with Crippen molar-refractivity contribution < 1.29 is 9.53 Å². The van der Waals surface area contributed by atoms with Gasteiger partial charge in [0, 0.05) is 12.0 Å². The third kappa shape index (κ3) is 4.23. The summed E-state index contributed by atoms with van der Waals surface area (Å²) in [5, 5.41) is 0. The summed E-state index contributed by atoms with van der Waals surface area (Å²) < 4.78 is 5.43. The zero-order valence-electron chi connectivity index (χ0n) is 9.13. The fourth-order valence-electron chi connectivity index (χ4n) is 1.33. The highest BCUT2D eigenvalue weighted by Crippen LogP contribution is 2.10. The van der Waals surface area contributed by atoms with Crippen LogP contribution in [-0.4, -0.2) is 17.5 Å².